The summed E-state index contributed by atoms with van der Waals surface area (Å²) in [6.45, 7) is 4.41. The van der Waals surface area contributed by atoms with E-state index in [1.54, 1.807) is 31.5 Å². The first-order chi connectivity index (χ1) is 8.83. The average Bonchev–Trinajstić information content (AvgIpc) is 2.35. The number of nitrogens with zero attached hydrogens (tertiary/aromatic N) is 1. The molecule has 7 nitrogen and oxygen atoms in total. The zero-order valence-corrected chi connectivity index (χ0v) is 12.3. The van der Waals surface area contributed by atoms with Crippen molar-refractivity contribution in [2.24, 2.45) is 0 Å². The third-order valence-corrected chi connectivity index (χ3v) is 3.40. The molecule has 1 unspecified atom stereocenters. The second-order valence-corrected chi connectivity index (χ2v) is 5.84. The molecular formula is C12H20N2O5S. The smallest absolute Gasteiger partial charge is 0.408 e. The lowest BCUT2D eigenvalue weighted by Gasteiger charge is -2.06. The van der Waals surface area contributed by atoms with Gasteiger partial charge in [0.05, 0.1) is 5.75 Å². The van der Waals surface area contributed by atoms with E-state index in [1.807, 2.05) is 6.92 Å². The number of hydrogen-bond donors (Lipinski definition) is 2. The van der Waals surface area contributed by atoms with E-state index in [0.717, 1.165) is 5.56 Å². The van der Waals surface area contributed by atoms with Crippen molar-refractivity contribution in [1.82, 2.24) is 5.32 Å². The van der Waals surface area contributed by atoms with Crippen molar-refractivity contribution in [3.63, 3.8) is 0 Å². The van der Waals surface area contributed by atoms with E-state index in [9.17, 15) is 13.2 Å². The first-order valence-electron chi connectivity index (χ1n) is 6.06. The summed E-state index contributed by atoms with van der Waals surface area (Å²) in [6.07, 6.45) is 3.40. The standard InChI is InChI=1S/C12H18N2O4S.H2O/c1-3-13-10(2)12(15)14-7-4-11(5-8-14)6-9-19(16,17)18;/h4-5,7-8,10,13H,3,6,9H2,1-2H3;1H2. The SMILES string of the molecule is CCNC(C)C(=O)[n+]1ccc(CCS(=O)(=O)O)cc1.[OH-]. The van der Waals surface area contributed by atoms with Crippen LogP contribution in [0.3, 0.4) is 0 Å². The van der Waals surface area contributed by atoms with Crippen LogP contribution in [0.15, 0.2) is 24.5 Å². The van der Waals surface area contributed by atoms with Gasteiger partial charge >= 0.3 is 5.91 Å². The van der Waals surface area contributed by atoms with Crippen molar-refractivity contribution in [3.8, 4) is 0 Å². The van der Waals surface area contributed by atoms with Crippen molar-refractivity contribution < 1.29 is 27.8 Å². The maximum atomic E-state index is 11.9. The molecule has 1 heterocycles. The summed E-state index contributed by atoms with van der Waals surface area (Å²) in [5.41, 5.74) is 0.748. The Hall–Kier alpha value is -1.35. The van der Waals surface area contributed by atoms with Crippen LogP contribution in [0.2, 0.25) is 0 Å². The summed E-state index contributed by atoms with van der Waals surface area (Å²) < 4.78 is 31.4. The van der Waals surface area contributed by atoms with E-state index in [-0.39, 0.29) is 29.6 Å². The first-order valence-corrected chi connectivity index (χ1v) is 7.67. The van der Waals surface area contributed by atoms with Crippen LogP contribution in [0.5, 0.6) is 0 Å². The predicted octanol–water partition coefficient (Wildman–Crippen LogP) is -0.134. The largest absolute Gasteiger partial charge is 0.870 e. The molecule has 0 saturated heterocycles. The van der Waals surface area contributed by atoms with Gasteiger partial charge in [-0.15, -0.1) is 4.57 Å². The number of aromatic nitrogens is 1. The Morgan fingerprint density at radius 1 is 1.40 bits per heavy atom. The van der Waals surface area contributed by atoms with Gasteiger partial charge in [-0.05, 0) is 25.5 Å². The lowest BCUT2D eigenvalue weighted by molar-refractivity contribution is -0.575. The highest BCUT2D eigenvalue weighted by Crippen LogP contribution is 1.99. The molecule has 8 heteroatoms. The van der Waals surface area contributed by atoms with Crippen molar-refractivity contribution in [1.29, 1.82) is 0 Å². The highest BCUT2D eigenvalue weighted by atomic mass is 32.2. The van der Waals surface area contributed by atoms with Crippen LogP contribution in [-0.4, -0.2) is 42.7 Å². The number of hydrogen-bond acceptors (Lipinski definition) is 5. The van der Waals surface area contributed by atoms with Crippen LogP contribution >= 0.6 is 0 Å². The van der Waals surface area contributed by atoms with Gasteiger partial charge in [0.15, 0.2) is 12.4 Å². The van der Waals surface area contributed by atoms with E-state index in [2.05, 4.69) is 5.32 Å². The monoisotopic (exact) mass is 304 g/mol. The summed E-state index contributed by atoms with van der Waals surface area (Å²) in [5, 5.41) is 3.02. The Morgan fingerprint density at radius 3 is 2.40 bits per heavy atom. The van der Waals surface area contributed by atoms with Crippen LogP contribution < -0.4 is 9.88 Å². The Balaban J connectivity index is 0.00000361. The van der Waals surface area contributed by atoms with Gasteiger partial charge in [-0.25, -0.2) is 4.79 Å². The molecule has 0 radical (unpaired) electrons. The minimum Gasteiger partial charge on any atom is -0.870 e. The van der Waals surface area contributed by atoms with Gasteiger partial charge in [0.25, 0.3) is 10.1 Å². The molecule has 1 rings (SSSR count). The van der Waals surface area contributed by atoms with Crippen molar-refractivity contribution >= 4 is 16.0 Å². The minimum absolute atomic E-state index is 0. The van der Waals surface area contributed by atoms with Gasteiger partial charge in [0.2, 0.25) is 0 Å². The van der Waals surface area contributed by atoms with Gasteiger partial charge in [-0.1, -0.05) is 6.92 Å². The molecule has 1 aromatic rings. The maximum Gasteiger partial charge on any atom is 0.408 e. The maximum absolute atomic E-state index is 11.9. The summed E-state index contributed by atoms with van der Waals surface area (Å²) >= 11 is 0. The van der Waals surface area contributed by atoms with Gasteiger partial charge in [-0.2, -0.15) is 8.42 Å². The summed E-state index contributed by atoms with van der Waals surface area (Å²) in [7, 11) is -3.95. The molecule has 0 aliphatic heterocycles. The average molecular weight is 304 g/mol. The summed E-state index contributed by atoms with van der Waals surface area (Å²) in [6, 6.07) is 3.06. The molecule has 20 heavy (non-hydrogen) atoms. The number of aryl methyl sites for hydroxylation is 1. The molecule has 1 atom stereocenters. The van der Waals surface area contributed by atoms with Gasteiger partial charge < -0.3 is 10.8 Å². The van der Waals surface area contributed by atoms with E-state index in [0.29, 0.717) is 6.54 Å². The summed E-state index contributed by atoms with van der Waals surface area (Å²) in [4.78, 5) is 11.9. The number of rotatable bonds is 6. The molecular weight excluding hydrogens is 284 g/mol. The minimum atomic E-state index is -3.95. The van der Waals surface area contributed by atoms with Crippen LogP contribution in [0.4, 0.5) is 0 Å². The molecule has 1 aromatic heterocycles. The Morgan fingerprint density at radius 2 is 1.95 bits per heavy atom. The molecule has 0 amide bonds. The molecule has 0 aliphatic rings. The fraction of sp³-hybridized carbons (Fsp3) is 0.500. The van der Waals surface area contributed by atoms with E-state index >= 15 is 0 Å². The molecule has 114 valence electrons. The summed E-state index contributed by atoms with van der Waals surface area (Å²) in [5.74, 6) is -0.401. The highest BCUT2D eigenvalue weighted by molar-refractivity contribution is 7.85. The molecule has 0 aliphatic carbocycles. The van der Waals surface area contributed by atoms with Crippen LogP contribution in [-0.2, 0) is 16.5 Å². The third kappa shape index (κ3) is 6.20. The van der Waals surface area contributed by atoms with Crippen LogP contribution in [0.1, 0.15) is 24.2 Å². The molecule has 0 spiro atoms. The van der Waals surface area contributed by atoms with Crippen molar-refractivity contribution in [2.75, 3.05) is 12.3 Å². The lowest BCUT2D eigenvalue weighted by Crippen LogP contribution is -2.52. The van der Waals surface area contributed by atoms with Crippen molar-refractivity contribution in [3.05, 3.63) is 30.1 Å². The fourth-order valence-corrected chi connectivity index (χ4v) is 2.13. The third-order valence-electron chi connectivity index (χ3n) is 2.68. The molecule has 0 saturated carbocycles. The Labute approximate surface area is 118 Å². The second kappa shape index (κ2) is 8.05. The van der Waals surface area contributed by atoms with E-state index < -0.39 is 10.1 Å². The number of likely N-dealkylation sites (N-methyl/N-ethyl adjacent to an activating group) is 1. The number of carbonyl (C=O) groups is 1. The van der Waals surface area contributed by atoms with Crippen molar-refractivity contribution in [2.45, 2.75) is 26.3 Å². The normalized spacial score (nSPS) is 12.6. The van der Waals surface area contributed by atoms with Crippen LogP contribution in [0.25, 0.3) is 0 Å². The lowest BCUT2D eigenvalue weighted by atomic mass is 10.2. The van der Waals surface area contributed by atoms with E-state index in [4.69, 9.17) is 4.55 Å². The number of nitrogens with one attached hydrogen (secondary N) is 1. The predicted molar refractivity (Wildman–Crippen MR) is 72.5 cm³/mol. The van der Waals surface area contributed by atoms with E-state index in [1.165, 1.54) is 4.57 Å². The quantitative estimate of drug-likeness (QED) is 0.558. The second-order valence-electron chi connectivity index (χ2n) is 4.27. The zero-order chi connectivity index (χ0) is 14.5. The topological polar surface area (TPSA) is 117 Å². The first kappa shape index (κ1) is 18.7. The number of carbonyl (C=O) groups excluding carboxylic acids is 1. The number of pyridine rings is 1. The van der Waals surface area contributed by atoms with Gasteiger partial charge in [0, 0.05) is 12.1 Å². The molecule has 0 aromatic carbocycles. The Bertz CT molecular complexity index is 527. The zero-order valence-electron chi connectivity index (χ0n) is 11.5. The molecule has 0 bridgehead atoms. The van der Waals surface area contributed by atoms with Gasteiger partial charge in [-0.3, -0.25) is 4.55 Å². The Kier molecular flexibility index (Phi) is 7.51. The molecule has 0 fully saturated rings. The fourth-order valence-electron chi connectivity index (χ4n) is 1.63. The van der Waals surface area contributed by atoms with Crippen LogP contribution in [0, 0.1) is 0 Å². The molecule has 3 N–H and O–H groups in total. The van der Waals surface area contributed by atoms with Gasteiger partial charge in [0.1, 0.15) is 6.04 Å². The highest BCUT2D eigenvalue weighted by Gasteiger charge is 2.21.